The smallest absolute Gasteiger partial charge is 0.0766 e. The molecule has 0 radical (unpaired) electrons. The van der Waals surface area contributed by atoms with Gasteiger partial charge >= 0.3 is 0 Å². The normalized spacial score (nSPS) is 24.2. The Hall–Kier alpha value is -0.350. The molecule has 0 bridgehead atoms. The maximum Gasteiger partial charge on any atom is 0.0766 e. The van der Waals surface area contributed by atoms with Gasteiger partial charge in [-0.1, -0.05) is 33.6 Å². The third kappa shape index (κ3) is 3.28. The Morgan fingerprint density at radius 1 is 1.40 bits per heavy atom. The van der Waals surface area contributed by atoms with E-state index < -0.39 is 0 Å². The summed E-state index contributed by atoms with van der Waals surface area (Å²) >= 11 is 3.75. The van der Waals surface area contributed by atoms with E-state index in [1.54, 1.807) is 0 Å². The molecule has 0 saturated heterocycles. The van der Waals surface area contributed by atoms with Crippen LogP contribution in [0.1, 0.15) is 51.4 Å². The molecule has 1 heterocycles. The highest BCUT2D eigenvalue weighted by molar-refractivity contribution is 9.10. The fourth-order valence-corrected chi connectivity index (χ4v) is 4.44. The van der Waals surface area contributed by atoms with Crippen molar-refractivity contribution in [3.8, 4) is 0 Å². The number of aromatic nitrogens is 2. The summed E-state index contributed by atoms with van der Waals surface area (Å²) in [4.78, 5) is 0. The lowest BCUT2D eigenvalue weighted by molar-refractivity contribution is 0.295. The van der Waals surface area contributed by atoms with E-state index in [-0.39, 0.29) is 0 Å². The van der Waals surface area contributed by atoms with E-state index >= 15 is 0 Å². The van der Waals surface area contributed by atoms with Crippen molar-refractivity contribution in [3.63, 3.8) is 0 Å². The Balaban J connectivity index is 2.17. The first-order chi connectivity index (χ1) is 9.58. The lowest BCUT2D eigenvalue weighted by atomic mass is 9.87. The molecular formula is C16H28BrN3. The molecule has 3 unspecified atom stereocenters. The molecule has 0 aromatic carbocycles. The van der Waals surface area contributed by atoms with Crippen molar-refractivity contribution >= 4 is 15.9 Å². The van der Waals surface area contributed by atoms with Gasteiger partial charge in [0.1, 0.15) is 0 Å². The van der Waals surface area contributed by atoms with Gasteiger partial charge in [-0.2, -0.15) is 5.10 Å². The molecule has 1 aliphatic rings. The molecule has 3 atom stereocenters. The summed E-state index contributed by atoms with van der Waals surface area (Å²) in [5.41, 5.74) is 2.52. The number of halogens is 1. The number of hydrogen-bond acceptors (Lipinski definition) is 2. The molecule has 114 valence electrons. The number of nitrogens with one attached hydrogen (secondary N) is 1. The molecule has 1 aliphatic carbocycles. The van der Waals surface area contributed by atoms with E-state index in [0.29, 0.717) is 6.04 Å². The highest BCUT2D eigenvalue weighted by Gasteiger charge is 2.31. The minimum Gasteiger partial charge on any atom is -0.314 e. The van der Waals surface area contributed by atoms with Gasteiger partial charge in [0.05, 0.1) is 15.9 Å². The molecule has 1 aromatic heterocycles. The van der Waals surface area contributed by atoms with Crippen molar-refractivity contribution in [2.45, 2.75) is 58.9 Å². The molecule has 3 nitrogen and oxygen atoms in total. The Bertz CT molecular complexity index is 441. The minimum absolute atomic E-state index is 0.578. The molecule has 1 N–H and O–H groups in total. The van der Waals surface area contributed by atoms with Gasteiger partial charge in [-0.3, -0.25) is 4.68 Å². The fraction of sp³-hybridized carbons (Fsp3) is 0.812. The van der Waals surface area contributed by atoms with E-state index in [4.69, 9.17) is 0 Å². The Kier molecular flexibility index (Phi) is 5.67. The Labute approximate surface area is 131 Å². The molecular weight excluding hydrogens is 314 g/mol. The van der Waals surface area contributed by atoms with Gasteiger partial charge in [0, 0.05) is 19.5 Å². The fourth-order valence-electron chi connectivity index (χ4n) is 3.66. The molecule has 0 spiro atoms. The molecule has 20 heavy (non-hydrogen) atoms. The van der Waals surface area contributed by atoms with Crippen LogP contribution in [0, 0.1) is 11.8 Å². The molecule has 0 amide bonds. The topological polar surface area (TPSA) is 29.9 Å². The molecule has 2 rings (SSSR count). The van der Waals surface area contributed by atoms with E-state index in [1.807, 2.05) is 0 Å². The molecule has 0 aliphatic heterocycles. The zero-order valence-corrected chi connectivity index (χ0v) is 14.8. The van der Waals surface area contributed by atoms with Gasteiger partial charge in [-0.15, -0.1) is 0 Å². The number of likely N-dealkylation sites (N-methyl/N-ethyl adjacent to an activating group) is 1. The summed E-state index contributed by atoms with van der Waals surface area (Å²) in [5.74, 6) is 1.65. The zero-order valence-electron chi connectivity index (χ0n) is 13.2. The summed E-state index contributed by atoms with van der Waals surface area (Å²) in [5, 5.41) is 8.35. The van der Waals surface area contributed by atoms with Crippen LogP contribution in [0.5, 0.6) is 0 Å². The average Bonchev–Trinajstić information content (AvgIpc) is 2.96. The van der Waals surface area contributed by atoms with Crippen LogP contribution in [0.3, 0.4) is 0 Å². The number of hydrogen-bond donors (Lipinski definition) is 1. The first-order valence-electron chi connectivity index (χ1n) is 8.02. The van der Waals surface area contributed by atoms with Gasteiger partial charge < -0.3 is 5.32 Å². The first-order valence-corrected chi connectivity index (χ1v) is 8.81. The van der Waals surface area contributed by atoms with E-state index in [0.717, 1.165) is 31.2 Å². The van der Waals surface area contributed by atoms with Gasteiger partial charge in [-0.05, 0) is 47.2 Å². The predicted octanol–water partition coefficient (Wildman–Crippen LogP) is 3.70. The average molecular weight is 342 g/mol. The van der Waals surface area contributed by atoms with Gasteiger partial charge in [-0.25, -0.2) is 0 Å². The summed E-state index contributed by atoms with van der Waals surface area (Å²) < 4.78 is 3.28. The maximum absolute atomic E-state index is 4.63. The largest absolute Gasteiger partial charge is 0.314 e. The van der Waals surface area contributed by atoms with Gasteiger partial charge in [0.15, 0.2) is 0 Å². The van der Waals surface area contributed by atoms with Crippen LogP contribution in [0.2, 0.25) is 0 Å². The highest BCUT2D eigenvalue weighted by Crippen LogP contribution is 2.35. The summed E-state index contributed by atoms with van der Waals surface area (Å²) in [7, 11) is 2.07. The standard InChI is InChI=1S/C16H28BrN3/c1-5-13-16(17)15(20(4)19-13)10-14(18-6-2)12-9-7-8-11(12)3/h11-12,14,18H,5-10H2,1-4H3. The Morgan fingerprint density at radius 2 is 2.15 bits per heavy atom. The van der Waals surface area contributed by atoms with Crippen LogP contribution in [-0.4, -0.2) is 22.4 Å². The van der Waals surface area contributed by atoms with Gasteiger partial charge in [0.25, 0.3) is 0 Å². The highest BCUT2D eigenvalue weighted by atomic mass is 79.9. The third-order valence-electron chi connectivity index (χ3n) is 4.83. The van der Waals surface area contributed by atoms with Crippen molar-refractivity contribution in [3.05, 3.63) is 15.9 Å². The number of aryl methyl sites for hydroxylation is 2. The van der Waals surface area contributed by atoms with Gasteiger partial charge in [0.2, 0.25) is 0 Å². The molecule has 4 heteroatoms. The SMILES string of the molecule is CCNC(Cc1c(Br)c(CC)nn1C)C1CCCC1C. The lowest BCUT2D eigenvalue weighted by Gasteiger charge is -2.28. The quantitative estimate of drug-likeness (QED) is 0.854. The first kappa shape index (κ1) is 16.0. The van der Waals surface area contributed by atoms with Crippen LogP contribution >= 0.6 is 15.9 Å². The van der Waals surface area contributed by atoms with Crippen molar-refractivity contribution in [1.29, 1.82) is 0 Å². The lowest BCUT2D eigenvalue weighted by Crippen LogP contribution is -2.39. The van der Waals surface area contributed by atoms with Crippen molar-refractivity contribution < 1.29 is 0 Å². The second-order valence-electron chi connectivity index (χ2n) is 6.12. The van der Waals surface area contributed by atoms with Crippen LogP contribution in [0.4, 0.5) is 0 Å². The minimum atomic E-state index is 0.578. The van der Waals surface area contributed by atoms with Crippen molar-refractivity contribution in [2.75, 3.05) is 6.54 Å². The van der Waals surface area contributed by atoms with E-state index in [9.17, 15) is 0 Å². The van der Waals surface area contributed by atoms with E-state index in [1.165, 1.54) is 35.1 Å². The summed E-state index contributed by atoms with van der Waals surface area (Å²) in [6, 6.07) is 0.578. The molecule has 1 aromatic rings. The maximum atomic E-state index is 4.63. The van der Waals surface area contributed by atoms with Crippen molar-refractivity contribution in [2.24, 2.45) is 18.9 Å². The monoisotopic (exact) mass is 341 g/mol. The number of rotatable bonds is 6. The zero-order chi connectivity index (χ0) is 14.7. The summed E-state index contributed by atoms with van der Waals surface area (Å²) in [6.45, 7) is 7.84. The predicted molar refractivity (Wildman–Crippen MR) is 88.0 cm³/mol. The van der Waals surface area contributed by atoms with E-state index in [2.05, 4.69) is 58.8 Å². The summed E-state index contributed by atoms with van der Waals surface area (Å²) in [6.07, 6.45) is 6.21. The molecule has 1 fully saturated rings. The van der Waals surface area contributed by atoms with Crippen LogP contribution in [0.15, 0.2) is 4.47 Å². The Morgan fingerprint density at radius 3 is 2.65 bits per heavy atom. The van der Waals surface area contributed by atoms with Crippen molar-refractivity contribution in [1.82, 2.24) is 15.1 Å². The van der Waals surface area contributed by atoms with Crippen LogP contribution in [-0.2, 0) is 19.9 Å². The van der Waals surface area contributed by atoms with Crippen LogP contribution < -0.4 is 5.32 Å². The van der Waals surface area contributed by atoms with Crippen LogP contribution in [0.25, 0.3) is 0 Å². The second-order valence-corrected chi connectivity index (χ2v) is 6.92. The third-order valence-corrected chi connectivity index (χ3v) is 5.74. The second kappa shape index (κ2) is 7.08. The number of nitrogens with zero attached hydrogens (tertiary/aromatic N) is 2. The molecule has 1 saturated carbocycles.